The lowest BCUT2D eigenvalue weighted by molar-refractivity contribution is 0.361. The van der Waals surface area contributed by atoms with Crippen molar-refractivity contribution in [3.05, 3.63) is 11.4 Å². The molecule has 1 fully saturated rings. The molecule has 0 atom stereocenters. The van der Waals surface area contributed by atoms with Crippen LogP contribution in [0.15, 0.2) is 11.4 Å². The fraction of sp³-hybridized carbons (Fsp3) is 0.538. The van der Waals surface area contributed by atoms with E-state index < -0.39 is 0 Å². The maximum atomic E-state index is 5.76. The molecule has 1 saturated carbocycles. The van der Waals surface area contributed by atoms with Crippen LogP contribution in [-0.2, 0) is 0 Å². The van der Waals surface area contributed by atoms with Crippen LogP contribution >= 0.6 is 11.3 Å². The third kappa shape index (κ3) is 2.27. The Bertz CT molecular complexity index is 543. The van der Waals surface area contributed by atoms with Crippen LogP contribution in [0.3, 0.4) is 0 Å². The highest BCUT2D eigenvalue weighted by molar-refractivity contribution is 7.16. The molecular weight excluding hydrogens is 244 g/mol. The molecule has 2 aromatic heterocycles. The van der Waals surface area contributed by atoms with Crippen molar-refractivity contribution in [1.82, 2.24) is 9.97 Å². The van der Waals surface area contributed by atoms with Gasteiger partial charge in [0.05, 0.1) is 5.39 Å². The summed E-state index contributed by atoms with van der Waals surface area (Å²) in [5.74, 6) is 2.12. The number of nitrogens with zero attached hydrogens (tertiary/aromatic N) is 2. The van der Waals surface area contributed by atoms with Crippen LogP contribution in [0.2, 0.25) is 0 Å². The van der Waals surface area contributed by atoms with Gasteiger partial charge in [-0.2, -0.15) is 4.98 Å². The standard InChI is InChI=1S/C13H18N4S/c1-8-2-4-9(5-3-8)15-11-10-6-7-18-12(10)17-13(14)16-11/h6-9H,2-5H2,1H3,(H3,14,15,16,17). The fourth-order valence-electron chi connectivity index (χ4n) is 2.58. The third-order valence-electron chi connectivity index (χ3n) is 3.70. The van der Waals surface area contributed by atoms with Gasteiger partial charge in [0, 0.05) is 6.04 Å². The van der Waals surface area contributed by atoms with Gasteiger partial charge in [-0.3, -0.25) is 0 Å². The summed E-state index contributed by atoms with van der Waals surface area (Å²) in [6.07, 6.45) is 5.03. The number of nitrogens with two attached hydrogens (primary N) is 1. The van der Waals surface area contributed by atoms with Crippen LogP contribution in [0.1, 0.15) is 32.6 Å². The van der Waals surface area contributed by atoms with E-state index in [1.807, 2.05) is 5.38 Å². The van der Waals surface area contributed by atoms with E-state index in [4.69, 9.17) is 5.73 Å². The minimum Gasteiger partial charge on any atom is -0.368 e. The van der Waals surface area contributed by atoms with Gasteiger partial charge in [0.25, 0.3) is 0 Å². The molecule has 4 nitrogen and oxygen atoms in total. The average molecular weight is 262 g/mol. The smallest absolute Gasteiger partial charge is 0.223 e. The molecule has 0 bridgehead atoms. The van der Waals surface area contributed by atoms with Crippen LogP contribution in [0.5, 0.6) is 0 Å². The molecule has 0 radical (unpaired) electrons. The lowest BCUT2D eigenvalue weighted by Crippen LogP contribution is -2.25. The number of aromatic nitrogens is 2. The molecule has 3 rings (SSSR count). The van der Waals surface area contributed by atoms with Crippen molar-refractivity contribution in [2.45, 2.75) is 38.6 Å². The maximum Gasteiger partial charge on any atom is 0.223 e. The topological polar surface area (TPSA) is 63.8 Å². The van der Waals surface area contributed by atoms with Gasteiger partial charge in [-0.1, -0.05) is 6.92 Å². The zero-order valence-electron chi connectivity index (χ0n) is 10.5. The van der Waals surface area contributed by atoms with E-state index in [1.54, 1.807) is 11.3 Å². The fourth-order valence-corrected chi connectivity index (χ4v) is 3.35. The van der Waals surface area contributed by atoms with E-state index in [0.29, 0.717) is 12.0 Å². The quantitative estimate of drug-likeness (QED) is 0.872. The molecule has 3 N–H and O–H groups in total. The van der Waals surface area contributed by atoms with Crippen molar-refractivity contribution in [2.24, 2.45) is 5.92 Å². The minimum absolute atomic E-state index is 0.358. The van der Waals surface area contributed by atoms with Crippen molar-refractivity contribution in [3.8, 4) is 0 Å². The first-order chi connectivity index (χ1) is 8.72. The van der Waals surface area contributed by atoms with Crippen LogP contribution < -0.4 is 11.1 Å². The van der Waals surface area contributed by atoms with Gasteiger partial charge in [0.1, 0.15) is 10.6 Å². The zero-order valence-corrected chi connectivity index (χ0v) is 11.3. The van der Waals surface area contributed by atoms with Gasteiger partial charge in [-0.25, -0.2) is 4.98 Å². The third-order valence-corrected chi connectivity index (χ3v) is 4.51. The van der Waals surface area contributed by atoms with Gasteiger partial charge >= 0.3 is 0 Å². The van der Waals surface area contributed by atoms with Crippen LogP contribution in [0, 0.1) is 5.92 Å². The van der Waals surface area contributed by atoms with Crippen LogP contribution in [0.4, 0.5) is 11.8 Å². The Balaban J connectivity index is 1.83. The second kappa shape index (κ2) is 4.72. The Morgan fingerprint density at radius 2 is 2.06 bits per heavy atom. The van der Waals surface area contributed by atoms with Crippen molar-refractivity contribution >= 4 is 33.3 Å². The summed E-state index contributed by atoms with van der Waals surface area (Å²) < 4.78 is 0. The van der Waals surface area contributed by atoms with Crippen molar-refractivity contribution in [3.63, 3.8) is 0 Å². The molecule has 0 aromatic carbocycles. The van der Waals surface area contributed by atoms with E-state index >= 15 is 0 Å². The summed E-state index contributed by atoms with van der Waals surface area (Å²) in [5.41, 5.74) is 5.76. The highest BCUT2D eigenvalue weighted by Crippen LogP contribution is 2.30. The van der Waals surface area contributed by atoms with E-state index in [1.165, 1.54) is 25.7 Å². The summed E-state index contributed by atoms with van der Waals surface area (Å²) in [7, 11) is 0. The Kier molecular flexibility index (Phi) is 3.07. The lowest BCUT2D eigenvalue weighted by Gasteiger charge is -2.27. The van der Waals surface area contributed by atoms with Gasteiger partial charge in [0.15, 0.2) is 0 Å². The summed E-state index contributed by atoms with van der Waals surface area (Å²) in [6.45, 7) is 2.33. The van der Waals surface area contributed by atoms with E-state index in [9.17, 15) is 0 Å². The van der Waals surface area contributed by atoms with Crippen molar-refractivity contribution < 1.29 is 0 Å². The zero-order chi connectivity index (χ0) is 12.5. The molecule has 0 aliphatic heterocycles. The summed E-state index contributed by atoms with van der Waals surface area (Å²) in [5, 5.41) is 6.67. The molecule has 0 spiro atoms. The Hall–Kier alpha value is -1.36. The maximum absolute atomic E-state index is 5.76. The molecule has 1 aliphatic carbocycles. The molecule has 18 heavy (non-hydrogen) atoms. The predicted octanol–water partition coefficient (Wildman–Crippen LogP) is 3.26. The summed E-state index contributed by atoms with van der Waals surface area (Å²) in [4.78, 5) is 9.56. The average Bonchev–Trinajstić information content (AvgIpc) is 2.80. The largest absolute Gasteiger partial charge is 0.368 e. The van der Waals surface area contributed by atoms with E-state index in [-0.39, 0.29) is 0 Å². The van der Waals surface area contributed by atoms with Gasteiger partial charge in [0.2, 0.25) is 5.95 Å². The summed E-state index contributed by atoms with van der Waals surface area (Å²) in [6, 6.07) is 2.59. The molecular formula is C13H18N4S. The number of hydrogen-bond acceptors (Lipinski definition) is 5. The molecule has 1 aliphatic rings. The highest BCUT2D eigenvalue weighted by Gasteiger charge is 2.19. The number of fused-ring (bicyclic) bond motifs is 1. The Morgan fingerprint density at radius 3 is 2.83 bits per heavy atom. The second-order valence-corrected chi connectivity index (χ2v) is 6.07. The SMILES string of the molecule is CC1CCC(Nc2nc(N)nc3sccc23)CC1. The van der Waals surface area contributed by atoms with Gasteiger partial charge in [-0.05, 0) is 43.0 Å². The predicted molar refractivity (Wildman–Crippen MR) is 76.9 cm³/mol. The Morgan fingerprint density at radius 1 is 1.28 bits per heavy atom. The monoisotopic (exact) mass is 262 g/mol. The van der Waals surface area contributed by atoms with Gasteiger partial charge in [-0.15, -0.1) is 11.3 Å². The van der Waals surface area contributed by atoms with Crippen LogP contribution in [-0.4, -0.2) is 16.0 Å². The first kappa shape index (κ1) is 11.7. The number of anilines is 2. The van der Waals surface area contributed by atoms with Gasteiger partial charge < -0.3 is 11.1 Å². The molecule has 0 saturated heterocycles. The molecule has 2 heterocycles. The number of thiophene rings is 1. The number of nitrogen functional groups attached to an aromatic ring is 1. The normalized spacial score (nSPS) is 24.3. The molecule has 5 heteroatoms. The van der Waals surface area contributed by atoms with E-state index in [2.05, 4.69) is 28.3 Å². The van der Waals surface area contributed by atoms with Crippen molar-refractivity contribution in [2.75, 3.05) is 11.1 Å². The molecule has 2 aromatic rings. The number of nitrogens with one attached hydrogen (secondary N) is 1. The second-order valence-electron chi connectivity index (χ2n) is 5.17. The van der Waals surface area contributed by atoms with E-state index in [0.717, 1.165) is 22.0 Å². The molecule has 0 unspecified atom stereocenters. The van der Waals surface area contributed by atoms with Crippen LogP contribution in [0.25, 0.3) is 10.2 Å². The Labute approximate surface area is 111 Å². The molecule has 96 valence electrons. The molecule has 0 amide bonds. The first-order valence-electron chi connectivity index (χ1n) is 6.49. The first-order valence-corrected chi connectivity index (χ1v) is 7.37. The van der Waals surface area contributed by atoms with Crippen molar-refractivity contribution in [1.29, 1.82) is 0 Å². The number of rotatable bonds is 2. The lowest BCUT2D eigenvalue weighted by atomic mass is 9.87. The number of hydrogen-bond donors (Lipinski definition) is 2. The summed E-state index contributed by atoms with van der Waals surface area (Å²) >= 11 is 1.61. The minimum atomic E-state index is 0.358. The highest BCUT2D eigenvalue weighted by atomic mass is 32.1.